The maximum Gasteiger partial charge on any atom is 0.249 e. The van der Waals surface area contributed by atoms with Gasteiger partial charge in [0.15, 0.2) is 0 Å². The molecule has 0 spiro atoms. The van der Waals surface area contributed by atoms with Crippen molar-refractivity contribution in [2.24, 2.45) is 0 Å². The highest BCUT2D eigenvalue weighted by molar-refractivity contribution is 5.92. The van der Waals surface area contributed by atoms with Gasteiger partial charge in [0.2, 0.25) is 5.91 Å². The standard InChI is InChI=1S/C16H27NO2/c1-8-14(19-16(5,6)9-2)12-11-13(4)15(18)17(7)10-3/h8,11-12H,1,9-10H2,2-7H3/b13-11+,14-12+. The molecule has 0 rings (SSSR count). The first-order valence-corrected chi connectivity index (χ1v) is 6.72. The van der Waals surface area contributed by atoms with E-state index in [4.69, 9.17) is 4.74 Å². The zero-order valence-electron chi connectivity index (χ0n) is 13.1. The molecule has 0 bridgehead atoms. The lowest BCUT2D eigenvalue weighted by molar-refractivity contribution is -0.125. The molecular weight excluding hydrogens is 238 g/mol. The van der Waals surface area contributed by atoms with Crippen LogP contribution >= 0.6 is 0 Å². The zero-order valence-corrected chi connectivity index (χ0v) is 13.1. The predicted molar refractivity (Wildman–Crippen MR) is 80.8 cm³/mol. The highest BCUT2D eigenvalue weighted by Crippen LogP contribution is 2.19. The van der Waals surface area contributed by atoms with Gasteiger partial charge in [0.25, 0.3) is 0 Å². The second kappa shape index (κ2) is 7.82. The van der Waals surface area contributed by atoms with Gasteiger partial charge in [-0.2, -0.15) is 0 Å². The second-order valence-corrected chi connectivity index (χ2v) is 5.16. The normalized spacial score (nSPS) is 13.2. The SMILES string of the molecule is C=C/C(=C\C=C(/C)C(=O)N(C)CC)OC(C)(C)CC. The summed E-state index contributed by atoms with van der Waals surface area (Å²) in [6, 6.07) is 0. The lowest BCUT2D eigenvalue weighted by Crippen LogP contribution is -2.26. The van der Waals surface area contributed by atoms with Crippen molar-refractivity contribution in [3.05, 3.63) is 36.1 Å². The van der Waals surface area contributed by atoms with Gasteiger partial charge >= 0.3 is 0 Å². The number of hydrogen-bond donors (Lipinski definition) is 0. The maximum absolute atomic E-state index is 11.9. The van der Waals surface area contributed by atoms with E-state index in [1.54, 1.807) is 37.1 Å². The fraction of sp³-hybridized carbons (Fsp3) is 0.562. The summed E-state index contributed by atoms with van der Waals surface area (Å²) in [6.07, 6.45) is 6.13. The Bertz CT molecular complexity index is 378. The topological polar surface area (TPSA) is 29.5 Å². The monoisotopic (exact) mass is 265 g/mol. The molecule has 0 heterocycles. The van der Waals surface area contributed by atoms with E-state index in [9.17, 15) is 4.79 Å². The van der Waals surface area contributed by atoms with E-state index in [-0.39, 0.29) is 11.5 Å². The Kier molecular flexibility index (Phi) is 7.20. The molecule has 1 amide bonds. The van der Waals surface area contributed by atoms with Gasteiger partial charge in [-0.3, -0.25) is 4.79 Å². The molecule has 108 valence electrons. The maximum atomic E-state index is 11.9. The highest BCUT2D eigenvalue weighted by atomic mass is 16.5. The van der Waals surface area contributed by atoms with Gasteiger partial charge in [-0.1, -0.05) is 19.6 Å². The van der Waals surface area contributed by atoms with Crippen molar-refractivity contribution in [2.45, 2.75) is 46.6 Å². The van der Waals surface area contributed by atoms with Crippen LogP contribution in [0.3, 0.4) is 0 Å². The Balaban J connectivity index is 4.90. The first-order chi connectivity index (χ1) is 8.77. The minimum Gasteiger partial charge on any atom is -0.488 e. The molecule has 0 saturated carbocycles. The van der Waals surface area contributed by atoms with Crippen molar-refractivity contribution in [3.63, 3.8) is 0 Å². The summed E-state index contributed by atoms with van der Waals surface area (Å²) in [6.45, 7) is 14.3. The molecule has 0 aliphatic heterocycles. The third kappa shape index (κ3) is 6.27. The largest absolute Gasteiger partial charge is 0.488 e. The summed E-state index contributed by atoms with van der Waals surface area (Å²) in [5, 5.41) is 0. The Morgan fingerprint density at radius 2 is 1.89 bits per heavy atom. The van der Waals surface area contributed by atoms with Crippen molar-refractivity contribution >= 4 is 5.91 Å². The second-order valence-electron chi connectivity index (χ2n) is 5.16. The highest BCUT2D eigenvalue weighted by Gasteiger charge is 2.16. The number of hydrogen-bond acceptors (Lipinski definition) is 2. The summed E-state index contributed by atoms with van der Waals surface area (Å²) in [5.41, 5.74) is 0.452. The average molecular weight is 265 g/mol. The Hall–Kier alpha value is -1.51. The van der Waals surface area contributed by atoms with Gasteiger partial charge in [0, 0.05) is 19.2 Å². The lowest BCUT2D eigenvalue weighted by Gasteiger charge is -2.25. The molecule has 0 aliphatic rings. The molecule has 3 nitrogen and oxygen atoms in total. The van der Waals surface area contributed by atoms with Crippen molar-refractivity contribution in [3.8, 4) is 0 Å². The molecule has 0 fully saturated rings. The van der Waals surface area contributed by atoms with Gasteiger partial charge in [0.05, 0.1) is 0 Å². The number of nitrogens with zero attached hydrogens (tertiary/aromatic N) is 1. The van der Waals surface area contributed by atoms with Crippen molar-refractivity contribution in [2.75, 3.05) is 13.6 Å². The number of ether oxygens (including phenoxy) is 1. The molecule has 0 saturated heterocycles. The van der Waals surface area contributed by atoms with Crippen LogP contribution in [0, 0.1) is 0 Å². The van der Waals surface area contributed by atoms with E-state index in [0.29, 0.717) is 17.9 Å². The van der Waals surface area contributed by atoms with Crippen LogP contribution in [0.4, 0.5) is 0 Å². The molecule has 0 unspecified atom stereocenters. The molecular formula is C16H27NO2. The van der Waals surface area contributed by atoms with E-state index in [1.165, 1.54) is 0 Å². The van der Waals surface area contributed by atoms with Crippen molar-refractivity contribution in [1.82, 2.24) is 4.90 Å². The minimum atomic E-state index is -0.230. The Morgan fingerprint density at radius 1 is 1.32 bits per heavy atom. The van der Waals surface area contributed by atoms with Gasteiger partial charge in [0.1, 0.15) is 11.4 Å². The number of carbonyl (C=O) groups excluding carboxylic acids is 1. The summed E-state index contributed by atoms with van der Waals surface area (Å²) in [5.74, 6) is 0.704. The first-order valence-electron chi connectivity index (χ1n) is 6.72. The first kappa shape index (κ1) is 17.5. The van der Waals surface area contributed by atoms with Crippen molar-refractivity contribution in [1.29, 1.82) is 0 Å². The van der Waals surface area contributed by atoms with Gasteiger partial charge in [-0.05, 0) is 46.3 Å². The van der Waals surface area contributed by atoms with E-state index in [0.717, 1.165) is 6.42 Å². The number of amides is 1. The molecule has 0 N–H and O–H groups in total. The van der Waals surface area contributed by atoms with Crippen LogP contribution in [0.5, 0.6) is 0 Å². The zero-order chi connectivity index (χ0) is 15.1. The van der Waals surface area contributed by atoms with Gasteiger partial charge in [-0.15, -0.1) is 0 Å². The molecule has 0 aliphatic carbocycles. The van der Waals surface area contributed by atoms with Crippen LogP contribution in [0.2, 0.25) is 0 Å². The molecule has 19 heavy (non-hydrogen) atoms. The Labute approximate surface area is 117 Å². The summed E-state index contributed by atoms with van der Waals surface area (Å²) in [7, 11) is 1.79. The summed E-state index contributed by atoms with van der Waals surface area (Å²) in [4.78, 5) is 13.5. The quantitative estimate of drug-likeness (QED) is 0.399. The third-order valence-corrected chi connectivity index (χ3v) is 3.10. The van der Waals surface area contributed by atoms with Gasteiger partial charge < -0.3 is 9.64 Å². The fourth-order valence-electron chi connectivity index (χ4n) is 1.26. The predicted octanol–water partition coefficient (Wildman–Crippen LogP) is 3.69. The van der Waals surface area contributed by atoms with Crippen LogP contribution in [-0.4, -0.2) is 30.0 Å². The molecule has 0 radical (unpaired) electrons. The van der Waals surface area contributed by atoms with E-state index in [2.05, 4.69) is 13.5 Å². The van der Waals surface area contributed by atoms with E-state index in [1.807, 2.05) is 20.8 Å². The molecule has 0 aromatic carbocycles. The molecule has 0 aromatic rings. The minimum absolute atomic E-state index is 0.0249. The van der Waals surface area contributed by atoms with E-state index < -0.39 is 0 Å². The lowest BCUT2D eigenvalue weighted by atomic mass is 10.1. The van der Waals surface area contributed by atoms with Crippen LogP contribution in [-0.2, 0) is 9.53 Å². The fourth-order valence-corrected chi connectivity index (χ4v) is 1.26. The number of allylic oxidation sites excluding steroid dienone is 3. The molecule has 0 atom stereocenters. The van der Waals surface area contributed by atoms with Crippen molar-refractivity contribution < 1.29 is 9.53 Å². The average Bonchev–Trinajstić information content (AvgIpc) is 2.40. The molecule has 0 aromatic heterocycles. The number of rotatable bonds is 7. The molecule has 3 heteroatoms. The Morgan fingerprint density at radius 3 is 2.32 bits per heavy atom. The van der Waals surface area contributed by atoms with Crippen LogP contribution < -0.4 is 0 Å². The third-order valence-electron chi connectivity index (χ3n) is 3.10. The number of likely N-dealkylation sites (N-methyl/N-ethyl adjacent to an activating group) is 1. The van der Waals surface area contributed by atoms with Crippen LogP contribution in [0.15, 0.2) is 36.1 Å². The summed E-state index contributed by atoms with van der Waals surface area (Å²) >= 11 is 0. The van der Waals surface area contributed by atoms with E-state index >= 15 is 0 Å². The summed E-state index contributed by atoms with van der Waals surface area (Å²) < 4.78 is 5.83. The van der Waals surface area contributed by atoms with Crippen LogP contribution in [0.1, 0.15) is 41.0 Å². The van der Waals surface area contributed by atoms with Gasteiger partial charge in [-0.25, -0.2) is 0 Å². The smallest absolute Gasteiger partial charge is 0.249 e. The number of carbonyl (C=O) groups is 1. The van der Waals surface area contributed by atoms with Crippen LogP contribution in [0.25, 0.3) is 0 Å².